The third-order valence-electron chi connectivity index (χ3n) is 7.34. The normalized spacial score (nSPS) is 11.0. The van der Waals surface area contributed by atoms with Gasteiger partial charge in [-0.3, -0.25) is 14.4 Å². The molecular weight excluding hydrogens is 512 g/mol. The molecular formula is C35H40N2O4. The first-order valence-electron chi connectivity index (χ1n) is 14.6. The second kappa shape index (κ2) is 14.4. The Morgan fingerprint density at radius 2 is 1.54 bits per heavy atom. The molecule has 0 unspecified atom stereocenters. The second-order valence-electron chi connectivity index (χ2n) is 10.7. The molecule has 0 aliphatic heterocycles. The van der Waals surface area contributed by atoms with E-state index in [1.807, 2.05) is 73.7 Å². The number of unbranched alkanes of at least 4 members (excludes halogenated alkanes) is 2. The van der Waals surface area contributed by atoms with E-state index < -0.39 is 0 Å². The van der Waals surface area contributed by atoms with Gasteiger partial charge in [0, 0.05) is 18.7 Å². The first-order chi connectivity index (χ1) is 19.9. The molecule has 0 saturated carbocycles. The molecule has 1 aromatic heterocycles. The maximum atomic E-state index is 13.9. The van der Waals surface area contributed by atoms with Gasteiger partial charge in [-0.2, -0.15) is 0 Å². The molecule has 0 N–H and O–H groups in total. The maximum absolute atomic E-state index is 13.9. The summed E-state index contributed by atoms with van der Waals surface area (Å²) in [5, 5.41) is 0.497. The van der Waals surface area contributed by atoms with E-state index in [0.29, 0.717) is 35.2 Å². The molecule has 0 bridgehead atoms. The Morgan fingerprint density at radius 3 is 2.24 bits per heavy atom. The molecule has 4 aromatic rings. The van der Waals surface area contributed by atoms with E-state index in [-0.39, 0.29) is 30.3 Å². The van der Waals surface area contributed by atoms with Gasteiger partial charge in [0.25, 0.3) is 5.91 Å². The smallest absolute Gasteiger partial charge is 0.254 e. The molecule has 0 saturated heterocycles. The van der Waals surface area contributed by atoms with E-state index in [1.165, 1.54) is 11.8 Å². The highest BCUT2D eigenvalue weighted by atomic mass is 16.3. The Hall–Kier alpha value is -4.19. The molecule has 6 nitrogen and oxygen atoms in total. The highest BCUT2D eigenvalue weighted by Gasteiger charge is 2.24. The zero-order valence-corrected chi connectivity index (χ0v) is 24.4. The Bertz CT molecular complexity index is 1510. The molecule has 4 rings (SSSR count). The second-order valence-corrected chi connectivity index (χ2v) is 10.7. The number of hydrogen-bond acceptors (Lipinski definition) is 4. The van der Waals surface area contributed by atoms with Crippen LogP contribution in [0.15, 0.2) is 88.3 Å². The predicted molar refractivity (Wildman–Crippen MR) is 164 cm³/mol. The highest BCUT2D eigenvalue weighted by Crippen LogP contribution is 2.17. The summed E-state index contributed by atoms with van der Waals surface area (Å²) in [6, 6.07) is 22.9. The van der Waals surface area contributed by atoms with Crippen molar-refractivity contribution in [2.45, 2.75) is 66.0 Å². The van der Waals surface area contributed by atoms with Gasteiger partial charge in [0.1, 0.15) is 12.1 Å². The number of carbonyl (C=O) groups excluding carboxylic acids is 2. The lowest BCUT2D eigenvalue weighted by Crippen LogP contribution is -2.43. The summed E-state index contributed by atoms with van der Waals surface area (Å²) in [7, 11) is 0. The predicted octanol–water partition coefficient (Wildman–Crippen LogP) is 6.92. The van der Waals surface area contributed by atoms with Gasteiger partial charge in [-0.25, -0.2) is 0 Å². The number of hydrogen-bond donors (Lipinski definition) is 0. The molecule has 214 valence electrons. The number of fused-ring (bicyclic) bond motifs is 1. The lowest BCUT2D eigenvalue weighted by atomic mass is 10.1. The average molecular weight is 553 g/mol. The Balaban J connectivity index is 1.59. The lowest BCUT2D eigenvalue weighted by Gasteiger charge is -2.28. The van der Waals surface area contributed by atoms with Gasteiger partial charge in [0.2, 0.25) is 5.91 Å². The van der Waals surface area contributed by atoms with Crippen molar-refractivity contribution in [1.82, 2.24) is 9.80 Å². The van der Waals surface area contributed by atoms with Crippen LogP contribution in [0.3, 0.4) is 0 Å². The number of amides is 2. The van der Waals surface area contributed by atoms with E-state index in [1.54, 1.807) is 15.9 Å². The summed E-state index contributed by atoms with van der Waals surface area (Å²) < 4.78 is 5.77. The molecule has 6 heteroatoms. The van der Waals surface area contributed by atoms with Crippen LogP contribution in [0, 0.1) is 6.92 Å². The van der Waals surface area contributed by atoms with E-state index in [2.05, 4.69) is 13.8 Å². The van der Waals surface area contributed by atoms with Crippen molar-refractivity contribution in [3.8, 4) is 0 Å². The van der Waals surface area contributed by atoms with Crippen LogP contribution in [0.25, 0.3) is 11.0 Å². The first kappa shape index (κ1) is 29.8. The molecule has 0 spiro atoms. The van der Waals surface area contributed by atoms with Crippen molar-refractivity contribution in [2.75, 3.05) is 13.1 Å². The van der Waals surface area contributed by atoms with Gasteiger partial charge in [0.15, 0.2) is 5.43 Å². The summed E-state index contributed by atoms with van der Waals surface area (Å²) >= 11 is 0. The van der Waals surface area contributed by atoms with Crippen molar-refractivity contribution < 1.29 is 14.0 Å². The third-order valence-corrected chi connectivity index (χ3v) is 7.34. The van der Waals surface area contributed by atoms with Crippen LogP contribution < -0.4 is 5.43 Å². The van der Waals surface area contributed by atoms with Crippen LogP contribution in [0.1, 0.15) is 72.1 Å². The van der Waals surface area contributed by atoms with Gasteiger partial charge in [0.05, 0.1) is 23.8 Å². The van der Waals surface area contributed by atoms with Crippen molar-refractivity contribution in [3.63, 3.8) is 0 Å². The number of rotatable bonds is 13. The van der Waals surface area contributed by atoms with Crippen molar-refractivity contribution in [1.29, 1.82) is 0 Å². The van der Waals surface area contributed by atoms with Crippen LogP contribution in [-0.2, 0) is 24.3 Å². The highest BCUT2D eigenvalue weighted by molar-refractivity contribution is 5.96. The van der Waals surface area contributed by atoms with Crippen LogP contribution >= 0.6 is 0 Å². The van der Waals surface area contributed by atoms with Gasteiger partial charge < -0.3 is 14.2 Å². The summed E-state index contributed by atoms with van der Waals surface area (Å²) in [6.07, 6.45) is 6.36. The summed E-state index contributed by atoms with van der Waals surface area (Å²) in [5.41, 5.74) is 4.46. The lowest BCUT2D eigenvalue weighted by molar-refractivity contribution is -0.133. The van der Waals surface area contributed by atoms with Crippen LogP contribution in [0.4, 0.5) is 0 Å². The topological polar surface area (TPSA) is 70.8 Å². The number of carbonyl (C=O) groups is 2. The van der Waals surface area contributed by atoms with E-state index in [9.17, 15) is 14.4 Å². The van der Waals surface area contributed by atoms with Crippen LogP contribution in [-0.4, -0.2) is 34.7 Å². The number of aryl methyl sites for hydroxylation is 2. The fourth-order valence-corrected chi connectivity index (χ4v) is 4.88. The third kappa shape index (κ3) is 7.94. The molecule has 0 fully saturated rings. The van der Waals surface area contributed by atoms with E-state index in [0.717, 1.165) is 43.2 Å². The zero-order valence-electron chi connectivity index (χ0n) is 24.4. The Labute approximate surface area is 242 Å². The molecule has 0 atom stereocenters. The van der Waals surface area contributed by atoms with Crippen LogP contribution in [0.5, 0.6) is 0 Å². The fraction of sp³-hybridized carbons (Fsp3) is 0.343. The van der Waals surface area contributed by atoms with Gasteiger partial charge in [-0.05, 0) is 61.6 Å². The standard InChI is InChI=1S/C35H40N2O4/c1-4-6-11-27-15-17-29(18-16-27)35(40)36(20-7-5-2)24-33(38)37(22-28-12-9-8-10-13-28)23-30-25-41-32-19-14-26(3)21-31(32)34(30)39/h8-10,12-19,21,25H,4-7,11,20,22-24H2,1-3H3. The molecule has 0 aliphatic carbocycles. The monoisotopic (exact) mass is 552 g/mol. The van der Waals surface area contributed by atoms with Gasteiger partial charge in [-0.1, -0.05) is 80.8 Å². The van der Waals surface area contributed by atoms with Crippen molar-refractivity contribution in [2.24, 2.45) is 0 Å². The Morgan fingerprint density at radius 1 is 0.805 bits per heavy atom. The summed E-state index contributed by atoms with van der Waals surface area (Å²) in [5.74, 6) is -0.379. The van der Waals surface area contributed by atoms with E-state index in [4.69, 9.17) is 4.42 Å². The summed E-state index contributed by atoms with van der Waals surface area (Å²) in [6.45, 7) is 6.97. The SMILES string of the molecule is CCCCc1ccc(C(=O)N(CCCC)CC(=O)N(Cc2ccccc2)Cc2coc3ccc(C)cc3c2=O)cc1. The molecule has 1 heterocycles. The first-order valence-corrected chi connectivity index (χ1v) is 14.6. The minimum Gasteiger partial charge on any atom is -0.464 e. The molecule has 2 amide bonds. The van der Waals surface area contributed by atoms with Crippen LogP contribution in [0.2, 0.25) is 0 Å². The molecule has 0 aliphatic rings. The van der Waals surface area contributed by atoms with Gasteiger partial charge in [-0.15, -0.1) is 0 Å². The van der Waals surface area contributed by atoms with Gasteiger partial charge >= 0.3 is 0 Å². The summed E-state index contributed by atoms with van der Waals surface area (Å²) in [4.78, 5) is 44.1. The Kier molecular flexibility index (Phi) is 10.5. The van der Waals surface area contributed by atoms with E-state index >= 15 is 0 Å². The van der Waals surface area contributed by atoms with Crippen molar-refractivity contribution >= 4 is 22.8 Å². The quantitative estimate of drug-likeness (QED) is 0.181. The molecule has 41 heavy (non-hydrogen) atoms. The largest absolute Gasteiger partial charge is 0.464 e. The molecule has 3 aromatic carbocycles. The minimum absolute atomic E-state index is 0.0682. The zero-order chi connectivity index (χ0) is 29.2. The van der Waals surface area contributed by atoms with Crippen molar-refractivity contribution in [3.05, 3.63) is 117 Å². The molecule has 0 radical (unpaired) electrons. The minimum atomic E-state index is -0.221. The average Bonchev–Trinajstić information content (AvgIpc) is 2.99. The fourth-order valence-electron chi connectivity index (χ4n) is 4.88. The number of benzene rings is 3. The number of nitrogens with zero attached hydrogens (tertiary/aromatic N) is 2. The maximum Gasteiger partial charge on any atom is 0.254 e.